The number of aromatic nitrogens is 2. The van der Waals surface area contributed by atoms with Gasteiger partial charge in [-0.25, -0.2) is 9.37 Å². The lowest BCUT2D eigenvalue weighted by atomic mass is 10.3. The van der Waals surface area contributed by atoms with Gasteiger partial charge < -0.3 is 10.1 Å². The summed E-state index contributed by atoms with van der Waals surface area (Å²) in [5.74, 6) is 0.228. The Kier molecular flexibility index (Phi) is 4.52. The molecule has 1 N–H and O–H groups in total. The summed E-state index contributed by atoms with van der Waals surface area (Å²) in [7, 11) is 0. The maximum absolute atomic E-state index is 13.6. The van der Waals surface area contributed by atoms with E-state index in [4.69, 9.17) is 16.3 Å². The monoisotopic (exact) mass is 281 g/mol. The normalized spacial score (nSPS) is 10.3. The van der Waals surface area contributed by atoms with E-state index in [1.165, 1.54) is 12.1 Å². The average molecular weight is 282 g/mol. The van der Waals surface area contributed by atoms with Crippen molar-refractivity contribution in [3.05, 3.63) is 47.1 Å². The fourth-order valence-corrected chi connectivity index (χ4v) is 1.61. The van der Waals surface area contributed by atoms with Crippen molar-refractivity contribution in [1.29, 1.82) is 0 Å². The summed E-state index contributed by atoms with van der Waals surface area (Å²) in [4.78, 5) is 8.31. The summed E-state index contributed by atoms with van der Waals surface area (Å²) in [5.41, 5.74) is 0.612. The number of ether oxygens (including phenoxy) is 1. The molecule has 0 saturated carbocycles. The summed E-state index contributed by atoms with van der Waals surface area (Å²) < 4.78 is 18.9. The molecule has 19 heavy (non-hydrogen) atoms. The zero-order valence-corrected chi connectivity index (χ0v) is 11.1. The second-order valence-electron chi connectivity index (χ2n) is 3.76. The fourth-order valence-electron chi connectivity index (χ4n) is 1.45. The number of benzene rings is 1. The molecule has 0 atom stereocenters. The quantitative estimate of drug-likeness (QED) is 0.914. The Morgan fingerprint density at radius 3 is 2.84 bits per heavy atom. The molecule has 1 aromatic heterocycles. The zero-order valence-electron chi connectivity index (χ0n) is 10.4. The Bertz CT molecular complexity index is 548. The lowest BCUT2D eigenvalue weighted by molar-refractivity contribution is 0.285. The van der Waals surface area contributed by atoms with E-state index in [1.54, 1.807) is 18.5 Å². The molecule has 0 unspecified atom stereocenters. The topological polar surface area (TPSA) is 47.0 Å². The van der Waals surface area contributed by atoms with Gasteiger partial charge in [-0.05, 0) is 19.1 Å². The van der Waals surface area contributed by atoms with E-state index in [9.17, 15) is 4.39 Å². The smallest absolute Gasteiger partial charge is 0.183 e. The van der Waals surface area contributed by atoms with Crippen LogP contribution in [0.2, 0.25) is 5.02 Å². The molecule has 0 aliphatic rings. The Balaban J connectivity index is 2.00. The van der Waals surface area contributed by atoms with E-state index < -0.39 is 5.82 Å². The predicted molar refractivity (Wildman–Crippen MR) is 71.9 cm³/mol. The molecule has 0 amide bonds. The van der Waals surface area contributed by atoms with Crippen LogP contribution in [0, 0.1) is 5.82 Å². The van der Waals surface area contributed by atoms with Gasteiger partial charge in [0, 0.05) is 6.54 Å². The van der Waals surface area contributed by atoms with Crippen molar-refractivity contribution >= 4 is 17.4 Å². The van der Waals surface area contributed by atoms with E-state index >= 15 is 0 Å². The summed E-state index contributed by atoms with van der Waals surface area (Å²) in [5, 5.41) is 3.07. The second-order valence-corrected chi connectivity index (χ2v) is 4.17. The Hall–Kier alpha value is -1.88. The maximum Gasteiger partial charge on any atom is 0.183 e. The molecule has 2 rings (SSSR count). The first kappa shape index (κ1) is 13.5. The Morgan fingerprint density at radius 1 is 1.32 bits per heavy atom. The third kappa shape index (κ3) is 3.54. The largest absolute Gasteiger partial charge is 0.484 e. The summed E-state index contributed by atoms with van der Waals surface area (Å²) in [6, 6.07) is 4.61. The molecule has 1 aromatic carbocycles. The standard InChI is InChI=1S/C13H13ClFN3O/c1-2-16-12-7-17-9(6-18-12)8-19-11-5-3-4-10(14)13(11)15/h3-7H,2,8H2,1H3,(H,16,18). The molecule has 2 aromatic rings. The van der Waals surface area contributed by atoms with E-state index in [-0.39, 0.29) is 17.4 Å². The second kappa shape index (κ2) is 6.33. The number of halogens is 2. The molecule has 0 bridgehead atoms. The molecule has 0 aliphatic heterocycles. The Morgan fingerprint density at radius 2 is 2.16 bits per heavy atom. The maximum atomic E-state index is 13.6. The average Bonchev–Trinajstić information content (AvgIpc) is 2.42. The van der Waals surface area contributed by atoms with Gasteiger partial charge in [0.25, 0.3) is 0 Å². The molecule has 0 aliphatic carbocycles. The minimum absolute atomic E-state index is 0.0334. The summed E-state index contributed by atoms with van der Waals surface area (Å²) in [6.45, 7) is 2.88. The first-order chi connectivity index (χ1) is 9.20. The van der Waals surface area contributed by atoms with Crippen LogP contribution in [0.3, 0.4) is 0 Å². The van der Waals surface area contributed by atoms with Gasteiger partial charge in [-0.1, -0.05) is 17.7 Å². The molecule has 0 saturated heterocycles. The van der Waals surface area contributed by atoms with Crippen LogP contribution in [0.5, 0.6) is 5.75 Å². The van der Waals surface area contributed by atoms with Crippen LogP contribution in [-0.4, -0.2) is 16.5 Å². The van der Waals surface area contributed by atoms with Crippen LogP contribution in [-0.2, 0) is 6.61 Å². The van der Waals surface area contributed by atoms with Gasteiger partial charge in [0.05, 0.1) is 23.1 Å². The van der Waals surface area contributed by atoms with Crippen molar-refractivity contribution in [3.8, 4) is 5.75 Å². The summed E-state index contributed by atoms with van der Waals surface area (Å²) in [6.07, 6.45) is 3.19. The number of rotatable bonds is 5. The molecular formula is C13H13ClFN3O. The molecule has 0 spiro atoms. The highest BCUT2D eigenvalue weighted by atomic mass is 35.5. The van der Waals surface area contributed by atoms with Crippen LogP contribution in [0.15, 0.2) is 30.6 Å². The summed E-state index contributed by atoms with van der Waals surface area (Å²) >= 11 is 5.66. The fraction of sp³-hybridized carbons (Fsp3) is 0.231. The van der Waals surface area contributed by atoms with Crippen LogP contribution in [0.25, 0.3) is 0 Å². The van der Waals surface area contributed by atoms with Crippen molar-refractivity contribution < 1.29 is 9.13 Å². The predicted octanol–water partition coefficient (Wildman–Crippen LogP) is 3.28. The first-order valence-electron chi connectivity index (χ1n) is 5.82. The molecule has 0 fully saturated rings. The third-order valence-corrected chi connectivity index (χ3v) is 2.65. The van der Waals surface area contributed by atoms with Crippen molar-refractivity contribution in [1.82, 2.24) is 9.97 Å². The van der Waals surface area contributed by atoms with Gasteiger partial charge in [-0.2, -0.15) is 0 Å². The van der Waals surface area contributed by atoms with Gasteiger partial charge in [-0.15, -0.1) is 0 Å². The molecule has 0 radical (unpaired) electrons. The number of nitrogens with one attached hydrogen (secondary N) is 1. The third-order valence-electron chi connectivity index (χ3n) is 2.35. The van der Waals surface area contributed by atoms with Gasteiger partial charge in [-0.3, -0.25) is 4.98 Å². The van der Waals surface area contributed by atoms with Gasteiger partial charge in [0.1, 0.15) is 12.4 Å². The van der Waals surface area contributed by atoms with Crippen molar-refractivity contribution in [2.75, 3.05) is 11.9 Å². The molecule has 1 heterocycles. The number of hydrogen-bond donors (Lipinski definition) is 1. The van der Waals surface area contributed by atoms with Crippen molar-refractivity contribution in [2.45, 2.75) is 13.5 Å². The minimum Gasteiger partial charge on any atom is -0.484 e. The molecule has 4 nitrogen and oxygen atoms in total. The highest BCUT2D eigenvalue weighted by Crippen LogP contribution is 2.24. The van der Waals surface area contributed by atoms with E-state index in [0.29, 0.717) is 11.5 Å². The molecular weight excluding hydrogens is 269 g/mol. The lowest BCUT2D eigenvalue weighted by Gasteiger charge is -2.08. The van der Waals surface area contributed by atoms with Crippen LogP contribution >= 0.6 is 11.6 Å². The van der Waals surface area contributed by atoms with Gasteiger partial charge in [0.2, 0.25) is 0 Å². The van der Waals surface area contributed by atoms with Crippen molar-refractivity contribution in [3.63, 3.8) is 0 Å². The van der Waals surface area contributed by atoms with E-state index in [0.717, 1.165) is 6.54 Å². The zero-order chi connectivity index (χ0) is 13.7. The number of nitrogens with zero attached hydrogens (tertiary/aromatic N) is 2. The van der Waals surface area contributed by atoms with E-state index in [2.05, 4.69) is 15.3 Å². The first-order valence-corrected chi connectivity index (χ1v) is 6.20. The number of anilines is 1. The highest BCUT2D eigenvalue weighted by Gasteiger charge is 2.07. The molecule has 100 valence electrons. The van der Waals surface area contributed by atoms with Crippen LogP contribution < -0.4 is 10.1 Å². The number of hydrogen-bond acceptors (Lipinski definition) is 4. The van der Waals surface area contributed by atoms with E-state index in [1.807, 2.05) is 6.92 Å². The van der Waals surface area contributed by atoms with Crippen LogP contribution in [0.4, 0.5) is 10.2 Å². The molecule has 6 heteroatoms. The lowest BCUT2D eigenvalue weighted by Crippen LogP contribution is -2.04. The highest BCUT2D eigenvalue weighted by molar-refractivity contribution is 6.30. The SMILES string of the molecule is CCNc1cnc(COc2cccc(Cl)c2F)cn1. The minimum atomic E-state index is -0.568. The van der Waals surface area contributed by atoms with Gasteiger partial charge in [0.15, 0.2) is 11.6 Å². The Labute approximate surface area is 115 Å². The van der Waals surface area contributed by atoms with Crippen LogP contribution in [0.1, 0.15) is 12.6 Å². The van der Waals surface area contributed by atoms with Gasteiger partial charge >= 0.3 is 0 Å². The van der Waals surface area contributed by atoms with Crippen molar-refractivity contribution in [2.24, 2.45) is 0 Å².